The maximum absolute atomic E-state index is 13.3. The van der Waals surface area contributed by atoms with Crippen molar-refractivity contribution < 1.29 is 9.18 Å². The van der Waals surface area contributed by atoms with Gasteiger partial charge < -0.3 is 20.9 Å². The molecule has 2 aromatic heterocycles. The first kappa shape index (κ1) is 21.4. The quantitative estimate of drug-likeness (QED) is 0.519. The number of benzene rings is 1. The molecule has 0 aliphatic carbocycles. The van der Waals surface area contributed by atoms with E-state index >= 15 is 0 Å². The van der Waals surface area contributed by atoms with Crippen LogP contribution in [0.25, 0.3) is 0 Å². The zero-order chi connectivity index (χ0) is 22.5. The van der Waals surface area contributed by atoms with Crippen LogP contribution in [-0.2, 0) is 4.79 Å². The standard InChI is InChI=1S/C22H25FN8O/c1-14(16-3-5-17(23)6-4-16)26-22-29-19(28-20-12-24-8-9-25-20)11-21(30-22)31-10-7-18(13-31)27-15(2)32/h3-6,8-9,11-12,14,18H,7,10,13H2,1-2H3,(H,27,32)(H2,25,26,28,29,30)/t14-,18+/m0/s1. The number of carbonyl (C=O) groups excluding carboxylic acids is 1. The van der Waals surface area contributed by atoms with Gasteiger partial charge in [-0.05, 0) is 31.0 Å². The summed E-state index contributed by atoms with van der Waals surface area (Å²) in [5, 5.41) is 9.42. The Morgan fingerprint density at radius 1 is 1.19 bits per heavy atom. The van der Waals surface area contributed by atoms with Crippen LogP contribution >= 0.6 is 0 Å². The van der Waals surface area contributed by atoms with Crippen molar-refractivity contribution in [2.45, 2.75) is 32.4 Å². The van der Waals surface area contributed by atoms with E-state index < -0.39 is 0 Å². The zero-order valence-corrected chi connectivity index (χ0v) is 17.9. The molecule has 1 aliphatic heterocycles. The Morgan fingerprint density at radius 3 is 2.72 bits per heavy atom. The molecule has 3 heterocycles. The van der Waals surface area contributed by atoms with E-state index in [0.29, 0.717) is 24.1 Å². The van der Waals surface area contributed by atoms with Crippen molar-refractivity contribution in [3.05, 3.63) is 60.3 Å². The molecule has 3 aromatic rings. The maximum atomic E-state index is 13.3. The molecule has 1 amide bonds. The zero-order valence-electron chi connectivity index (χ0n) is 17.9. The lowest BCUT2D eigenvalue weighted by molar-refractivity contribution is -0.119. The van der Waals surface area contributed by atoms with Gasteiger partial charge in [0.15, 0.2) is 0 Å². The molecule has 1 aliphatic rings. The van der Waals surface area contributed by atoms with Gasteiger partial charge in [-0.15, -0.1) is 0 Å². The summed E-state index contributed by atoms with van der Waals surface area (Å²) in [6.07, 6.45) is 5.64. The molecule has 0 radical (unpaired) electrons. The van der Waals surface area contributed by atoms with Crippen molar-refractivity contribution in [3.8, 4) is 0 Å². The summed E-state index contributed by atoms with van der Waals surface area (Å²) in [6.45, 7) is 4.91. The molecule has 0 bridgehead atoms. The van der Waals surface area contributed by atoms with Gasteiger partial charge in [-0.1, -0.05) is 12.1 Å². The largest absolute Gasteiger partial charge is 0.354 e. The van der Waals surface area contributed by atoms with Crippen molar-refractivity contribution in [2.75, 3.05) is 28.6 Å². The third-order valence-electron chi connectivity index (χ3n) is 5.17. The lowest BCUT2D eigenvalue weighted by atomic mass is 10.1. The van der Waals surface area contributed by atoms with Gasteiger partial charge in [0.25, 0.3) is 0 Å². The number of hydrogen-bond acceptors (Lipinski definition) is 8. The third-order valence-corrected chi connectivity index (χ3v) is 5.17. The lowest BCUT2D eigenvalue weighted by Crippen LogP contribution is -2.35. The molecule has 9 nitrogen and oxygen atoms in total. The normalized spacial score (nSPS) is 16.5. The van der Waals surface area contributed by atoms with E-state index in [2.05, 4.69) is 35.8 Å². The molecule has 166 valence electrons. The Hall–Kier alpha value is -3.82. The highest BCUT2D eigenvalue weighted by Gasteiger charge is 2.25. The summed E-state index contributed by atoms with van der Waals surface area (Å²) in [7, 11) is 0. The molecule has 0 spiro atoms. The van der Waals surface area contributed by atoms with Gasteiger partial charge in [0, 0.05) is 44.5 Å². The van der Waals surface area contributed by atoms with E-state index in [-0.39, 0.29) is 23.8 Å². The second-order valence-electron chi connectivity index (χ2n) is 7.70. The van der Waals surface area contributed by atoms with E-state index in [1.165, 1.54) is 19.1 Å². The average Bonchev–Trinajstić information content (AvgIpc) is 3.22. The first-order valence-electron chi connectivity index (χ1n) is 10.4. The Labute approximate surface area is 185 Å². The van der Waals surface area contributed by atoms with Gasteiger partial charge in [0.1, 0.15) is 23.3 Å². The fourth-order valence-electron chi connectivity index (χ4n) is 3.62. The number of halogens is 1. The Morgan fingerprint density at radius 2 is 2.00 bits per heavy atom. The molecule has 0 unspecified atom stereocenters. The maximum Gasteiger partial charge on any atom is 0.227 e. The van der Waals surface area contributed by atoms with E-state index in [0.717, 1.165) is 24.3 Å². The van der Waals surface area contributed by atoms with E-state index in [4.69, 9.17) is 4.98 Å². The second kappa shape index (κ2) is 9.54. The molecular weight excluding hydrogens is 411 g/mol. The molecule has 1 saturated heterocycles. The van der Waals surface area contributed by atoms with Crippen molar-refractivity contribution in [3.63, 3.8) is 0 Å². The van der Waals surface area contributed by atoms with Gasteiger partial charge in [-0.25, -0.2) is 9.37 Å². The van der Waals surface area contributed by atoms with Crippen LogP contribution in [0.5, 0.6) is 0 Å². The van der Waals surface area contributed by atoms with E-state index in [1.54, 1.807) is 30.7 Å². The number of carbonyl (C=O) groups is 1. The van der Waals surface area contributed by atoms with Crippen LogP contribution < -0.4 is 20.9 Å². The summed E-state index contributed by atoms with van der Waals surface area (Å²) in [4.78, 5) is 31.1. The van der Waals surface area contributed by atoms with Crippen LogP contribution in [0.15, 0.2) is 48.9 Å². The van der Waals surface area contributed by atoms with Crippen LogP contribution in [0.2, 0.25) is 0 Å². The van der Waals surface area contributed by atoms with Crippen molar-refractivity contribution >= 4 is 29.3 Å². The number of nitrogens with one attached hydrogen (secondary N) is 3. The molecule has 1 fully saturated rings. The first-order chi connectivity index (χ1) is 15.5. The summed E-state index contributed by atoms with van der Waals surface area (Å²) in [6, 6.07) is 8.10. The minimum atomic E-state index is -0.280. The number of rotatable bonds is 7. The number of anilines is 4. The fourth-order valence-corrected chi connectivity index (χ4v) is 3.62. The van der Waals surface area contributed by atoms with Crippen LogP contribution in [0.4, 0.5) is 27.8 Å². The minimum Gasteiger partial charge on any atom is -0.354 e. The van der Waals surface area contributed by atoms with Crippen LogP contribution in [0, 0.1) is 5.82 Å². The van der Waals surface area contributed by atoms with Crippen LogP contribution in [0.3, 0.4) is 0 Å². The summed E-state index contributed by atoms with van der Waals surface area (Å²) in [5.41, 5.74) is 0.913. The van der Waals surface area contributed by atoms with Crippen molar-refractivity contribution in [2.24, 2.45) is 0 Å². The third kappa shape index (κ3) is 5.45. The fraction of sp³-hybridized carbons (Fsp3) is 0.318. The predicted molar refractivity (Wildman–Crippen MR) is 120 cm³/mol. The predicted octanol–water partition coefficient (Wildman–Crippen LogP) is 3.04. The molecule has 10 heteroatoms. The van der Waals surface area contributed by atoms with E-state index in [9.17, 15) is 9.18 Å². The molecule has 32 heavy (non-hydrogen) atoms. The van der Waals surface area contributed by atoms with Gasteiger partial charge in [-0.3, -0.25) is 9.78 Å². The van der Waals surface area contributed by atoms with Gasteiger partial charge in [-0.2, -0.15) is 9.97 Å². The number of hydrogen-bond donors (Lipinski definition) is 3. The molecule has 2 atom stereocenters. The number of amides is 1. The molecule has 3 N–H and O–H groups in total. The van der Waals surface area contributed by atoms with Crippen LogP contribution in [0.1, 0.15) is 31.9 Å². The van der Waals surface area contributed by atoms with Crippen molar-refractivity contribution in [1.82, 2.24) is 25.3 Å². The van der Waals surface area contributed by atoms with Gasteiger partial charge >= 0.3 is 0 Å². The van der Waals surface area contributed by atoms with Crippen molar-refractivity contribution in [1.29, 1.82) is 0 Å². The highest BCUT2D eigenvalue weighted by Crippen LogP contribution is 2.26. The minimum absolute atomic E-state index is 0.0416. The van der Waals surface area contributed by atoms with E-state index in [1.807, 2.05) is 13.0 Å². The second-order valence-corrected chi connectivity index (χ2v) is 7.70. The lowest BCUT2D eigenvalue weighted by Gasteiger charge is -2.21. The smallest absolute Gasteiger partial charge is 0.227 e. The topological polar surface area (TPSA) is 108 Å². The Kier molecular flexibility index (Phi) is 6.39. The average molecular weight is 436 g/mol. The Bertz CT molecular complexity index is 1060. The highest BCUT2D eigenvalue weighted by atomic mass is 19.1. The SMILES string of the molecule is CC(=O)N[C@@H]1CCN(c2cc(Nc3cnccn3)nc(N[C@@H](C)c3ccc(F)cc3)n2)C1. The monoisotopic (exact) mass is 436 g/mol. The molecular formula is C22H25FN8O. The molecule has 0 saturated carbocycles. The number of nitrogens with zero attached hydrogens (tertiary/aromatic N) is 5. The number of aromatic nitrogens is 4. The first-order valence-corrected chi connectivity index (χ1v) is 10.4. The van der Waals surface area contributed by atoms with Crippen LogP contribution in [-0.4, -0.2) is 45.0 Å². The summed E-state index contributed by atoms with van der Waals surface area (Å²) < 4.78 is 13.3. The summed E-state index contributed by atoms with van der Waals surface area (Å²) in [5.74, 6) is 1.96. The summed E-state index contributed by atoms with van der Waals surface area (Å²) >= 11 is 0. The highest BCUT2D eigenvalue weighted by molar-refractivity contribution is 5.73. The van der Waals surface area contributed by atoms with Gasteiger partial charge in [0.2, 0.25) is 11.9 Å². The molecule has 1 aromatic carbocycles. The Balaban J connectivity index is 1.58. The van der Waals surface area contributed by atoms with Gasteiger partial charge in [0.05, 0.1) is 12.2 Å². The molecule has 4 rings (SSSR count).